The number of carbonyl (C=O) groups is 2. The Balaban J connectivity index is 1.59. The fourth-order valence-electron chi connectivity index (χ4n) is 2.43. The zero-order valence-electron chi connectivity index (χ0n) is 14.5. The quantitative estimate of drug-likeness (QED) is 0.707. The lowest BCUT2D eigenvalue weighted by Crippen LogP contribution is -2.27. The molecule has 6 heteroatoms. The van der Waals surface area contributed by atoms with Crippen LogP contribution in [0.4, 0.5) is 4.39 Å². The van der Waals surface area contributed by atoms with E-state index in [9.17, 15) is 14.0 Å². The molecule has 1 aromatic heterocycles. The summed E-state index contributed by atoms with van der Waals surface area (Å²) in [5.41, 5.74) is 2.05. The number of hydrogen-bond acceptors (Lipinski definition) is 3. The monoisotopic (exact) mass is 363 g/mol. The third-order valence-corrected chi connectivity index (χ3v) is 3.88. The zero-order valence-corrected chi connectivity index (χ0v) is 14.5. The summed E-state index contributed by atoms with van der Waals surface area (Å²) in [6.45, 7) is 0.619. The maximum Gasteiger partial charge on any atom is 0.270 e. The number of pyridine rings is 1. The SMILES string of the molecule is O=C(NCc1ccccc1)c1cccc(C(=O)NCc2ccc(F)cc2)n1. The number of hydrogen-bond donors (Lipinski definition) is 2. The van der Waals surface area contributed by atoms with Crippen molar-refractivity contribution in [2.75, 3.05) is 0 Å². The van der Waals surface area contributed by atoms with Crippen molar-refractivity contribution >= 4 is 11.8 Å². The van der Waals surface area contributed by atoms with E-state index >= 15 is 0 Å². The first-order valence-electron chi connectivity index (χ1n) is 8.43. The van der Waals surface area contributed by atoms with Gasteiger partial charge < -0.3 is 10.6 Å². The highest BCUT2D eigenvalue weighted by Crippen LogP contribution is 2.05. The maximum absolute atomic E-state index is 12.9. The molecule has 2 N–H and O–H groups in total. The standard InChI is InChI=1S/C21H18FN3O2/c22-17-11-9-16(10-12-17)14-24-21(27)19-8-4-7-18(25-19)20(26)23-13-15-5-2-1-3-6-15/h1-12H,13-14H2,(H,23,26)(H,24,27). The van der Waals surface area contributed by atoms with Gasteiger partial charge >= 0.3 is 0 Å². The molecular weight excluding hydrogens is 345 g/mol. The Morgan fingerprint density at radius 2 is 1.22 bits per heavy atom. The van der Waals surface area contributed by atoms with Crippen LogP contribution in [0.3, 0.4) is 0 Å². The van der Waals surface area contributed by atoms with Gasteiger partial charge in [0, 0.05) is 13.1 Å². The molecule has 0 atom stereocenters. The molecule has 2 aromatic carbocycles. The summed E-state index contributed by atoms with van der Waals surface area (Å²) in [5.74, 6) is -1.09. The molecule has 0 unspecified atom stereocenters. The minimum atomic E-state index is -0.406. The van der Waals surface area contributed by atoms with Gasteiger partial charge in [-0.05, 0) is 35.4 Å². The van der Waals surface area contributed by atoms with Gasteiger partial charge in [0.25, 0.3) is 11.8 Å². The zero-order chi connectivity index (χ0) is 19.1. The highest BCUT2D eigenvalue weighted by Gasteiger charge is 2.12. The Hall–Kier alpha value is -3.54. The summed E-state index contributed by atoms with van der Waals surface area (Å²) in [7, 11) is 0. The molecule has 3 aromatic rings. The van der Waals surface area contributed by atoms with Crippen LogP contribution >= 0.6 is 0 Å². The van der Waals surface area contributed by atoms with Crippen molar-refractivity contribution in [3.8, 4) is 0 Å². The van der Waals surface area contributed by atoms with Gasteiger partial charge in [-0.2, -0.15) is 0 Å². The number of carbonyl (C=O) groups excluding carboxylic acids is 2. The summed E-state index contributed by atoms with van der Waals surface area (Å²) in [6.07, 6.45) is 0. The smallest absolute Gasteiger partial charge is 0.270 e. The molecule has 0 aliphatic heterocycles. The molecule has 0 bridgehead atoms. The lowest BCUT2D eigenvalue weighted by molar-refractivity contribution is 0.0941. The van der Waals surface area contributed by atoms with Crippen LogP contribution in [0.2, 0.25) is 0 Å². The number of rotatable bonds is 6. The van der Waals surface area contributed by atoms with E-state index in [2.05, 4.69) is 15.6 Å². The van der Waals surface area contributed by atoms with Crippen LogP contribution in [0.5, 0.6) is 0 Å². The topological polar surface area (TPSA) is 71.1 Å². The minimum absolute atomic E-state index is 0.143. The summed E-state index contributed by atoms with van der Waals surface area (Å²) >= 11 is 0. The third kappa shape index (κ3) is 5.22. The van der Waals surface area contributed by atoms with E-state index in [1.807, 2.05) is 30.3 Å². The van der Waals surface area contributed by atoms with Crippen molar-refractivity contribution in [2.45, 2.75) is 13.1 Å². The molecule has 27 heavy (non-hydrogen) atoms. The van der Waals surface area contributed by atoms with Crippen LogP contribution in [-0.4, -0.2) is 16.8 Å². The van der Waals surface area contributed by atoms with Crippen molar-refractivity contribution in [3.05, 3.63) is 101 Å². The Morgan fingerprint density at radius 1 is 0.704 bits per heavy atom. The van der Waals surface area contributed by atoms with Gasteiger partial charge in [0.2, 0.25) is 0 Å². The lowest BCUT2D eigenvalue weighted by atomic mass is 10.2. The first-order chi connectivity index (χ1) is 13.1. The molecule has 0 aliphatic rings. The van der Waals surface area contributed by atoms with E-state index in [1.54, 1.807) is 24.3 Å². The van der Waals surface area contributed by atoms with Gasteiger partial charge in [0.05, 0.1) is 0 Å². The van der Waals surface area contributed by atoms with E-state index in [4.69, 9.17) is 0 Å². The fourth-order valence-corrected chi connectivity index (χ4v) is 2.43. The second-order valence-electron chi connectivity index (χ2n) is 5.89. The van der Waals surface area contributed by atoms with Crippen LogP contribution in [-0.2, 0) is 13.1 Å². The third-order valence-electron chi connectivity index (χ3n) is 3.88. The van der Waals surface area contributed by atoms with Gasteiger partial charge in [-0.1, -0.05) is 48.5 Å². The molecule has 0 saturated heterocycles. The molecule has 0 fully saturated rings. The van der Waals surface area contributed by atoms with Gasteiger partial charge in [-0.25, -0.2) is 9.37 Å². The number of nitrogens with zero attached hydrogens (tertiary/aromatic N) is 1. The largest absolute Gasteiger partial charge is 0.347 e. The second-order valence-corrected chi connectivity index (χ2v) is 5.89. The maximum atomic E-state index is 12.9. The van der Waals surface area contributed by atoms with E-state index in [-0.39, 0.29) is 29.7 Å². The van der Waals surface area contributed by atoms with Crippen LogP contribution in [0.1, 0.15) is 32.1 Å². The van der Waals surface area contributed by atoms with E-state index in [1.165, 1.54) is 18.2 Å². The normalized spacial score (nSPS) is 10.3. The van der Waals surface area contributed by atoms with Gasteiger partial charge in [0.15, 0.2) is 0 Å². The lowest BCUT2D eigenvalue weighted by Gasteiger charge is -2.08. The first-order valence-corrected chi connectivity index (χ1v) is 8.43. The van der Waals surface area contributed by atoms with E-state index < -0.39 is 5.91 Å². The Labute approximate surface area is 156 Å². The molecule has 2 amide bonds. The number of nitrogens with one attached hydrogen (secondary N) is 2. The average molecular weight is 363 g/mol. The van der Waals surface area contributed by atoms with Crippen molar-refractivity contribution < 1.29 is 14.0 Å². The van der Waals surface area contributed by atoms with Gasteiger partial charge in [0.1, 0.15) is 17.2 Å². The number of aromatic nitrogens is 1. The van der Waals surface area contributed by atoms with Gasteiger partial charge in [-0.15, -0.1) is 0 Å². The van der Waals surface area contributed by atoms with E-state index in [0.29, 0.717) is 6.54 Å². The number of amides is 2. The van der Waals surface area contributed by atoms with Crippen LogP contribution < -0.4 is 10.6 Å². The molecule has 1 heterocycles. The van der Waals surface area contributed by atoms with Crippen molar-refractivity contribution in [1.29, 1.82) is 0 Å². The van der Waals surface area contributed by atoms with Crippen molar-refractivity contribution in [2.24, 2.45) is 0 Å². The summed E-state index contributed by atoms with van der Waals surface area (Å²) in [5, 5.41) is 5.48. The van der Waals surface area contributed by atoms with Gasteiger partial charge in [-0.3, -0.25) is 9.59 Å². The summed E-state index contributed by atoms with van der Waals surface area (Å²) < 4.78 is 12.9. The Bertz CT molecular complexity index is 928. The molecule has 0 aliphatic carbocycles. The van der Waals surface area contributed by atoms with E-state index in [0.717, 1.165) is 11.1 Å². The molecule has 0 saturated carbocycles. The Morgan fingerprint density at radius 3 is 1.78 bits per heavy atom. The molecular formula is C21H18FN3O2. The number of halogens is 1. The molecule has 0 radical (unpaired) electrons. The van der Waals surface area contributed by atoms with Crippen LogP contribution in [0, 0.1) is 5.82 Å². The number of benzene rings is 2. The highest BCUT2D eigenvalue weighted by molar-refractivity contribution is 5.96. The second kappa shape index (κ2) is 8.71. The molecule has 0 spiro atoms. The first kappa shape index (κ1) is 18.3. The highest BCUT2D eigenvalue weighted by atomic mass is 19.1. The molecule has 3 rings (SSSR count). The molecule has 5 nitrogen and oxygen atoms in total. The minimum Gasteiger partial charge on any atom is -0.347 e. The molecule has 136 valence electrons. The van der Waals surface area contributed by atoms with Crippen molar-refractivity contribution in [3.63, 3.8) is 0 Å². The van der Waals surface area contributed by atoms with Crippen LogP contribution in [0.25, 0.3) is 0 Å². The van der Waals surface area contributed by atoms with Crippen molar-refractivity contribution in [1.82, 2.24) is 15.6 Å². The Kier molecular flexibility index (Phi) is 5.89. The van der Waals surface area contributed by atoms with Crippen LogP contribution in [0.15, 0.2) is 72.8 Å². The predicted octanol–water partition coefficient (Wildman–Crippen LogP) is 3.08. The summed E-state index contributed by atoms with van der Waals surface area (Å²) in [6, 6.07) is 20.1. The average Bonchev–Trinajstić information content (AvgIpc) is 2.72. The summed E-state index contributed by atoms with van der Waals surface area (Å²) in [4.78, 5) is 28.7. The fraction of sp³-hybridized carbons (Fsp3) is 0.0952. The predicted molar refractivity (Wildman–Crippen MR) is 99.4 cm³/mol.